The fraction of sp³-hybridized carbons (Fsp3) is 0.441. The van der Waals surface area contributed by atoms with Crippen LogP contribution in [0.5, 0.6) is 0 Å². The van der Waals surface area contributed by atoms with Gasteiger partial charge in [-0.3, -0.25) is 24.0 Å². The molecule has 4 amide bonds. The minimum atomic E-state index is -1.86. The van der Waals surface area contributed by atoms with Crippen molar-refractivity contribution in [3.8, 4) is 11.1 Å². The lowest BCUT2D eigenvalue weighted by Gasteiger charge is -2.28. The molecular weight excluding hydrogens is 654 g/mol. The number of unbranched alkanes of at least 4 members (excludes halogenated alkanes) is 1. The highest BCUT2D eigenvalue weighted by atomic mass is 16.5. The zero-order chi connectivity index (χ0) is 36.4. The number of carbonyl (C=O) groups is 7. The first kappa shape index (κ1) is 37.3. The summed E-state index contributed by atoms with van der Waals surface area (Å²) in [4.78, 5) is 86.3. The molecule has 1 aliphatic heterocycles. The smallest absolute Gasteiger partial charge is 0.407 e. The second kappa shape index (κ2) is 17.2. The van der Waals surface area contributed by atoms with Gasteiger partial charge in [0.05, 0.1) is 18.9 Å². The molecule has 8 N–H and O–H groups in total. The van der Waals surface area contributed by atoms with Gasteiger partial charge in [-0.25, -0.2) is 9.59 Å². The maximum Gasteiger partial charge on any atom is 0.407 e. The number of amides is 4. The summed E-state index contributed by atoms with van der Waals surface area (Å²) >= 11 is 0. The van der Waals surface area contributed by atoms with Crippen LogP contribution in [0.1, 0.15) is 62.0 Å². The highest BCUT2D eigenvalue weighted by Gasteiger charge is 2.38. The standard InChI is InChI=1S/C34H41N5O11/c35-24(12-5-6-14-36-34(49)50-18-23-21-10-3-1-8-19(21)20-9-2-4-11-22(20)23)32(46)39-15-7-13-27(39)31(45)37-25(16-28(40)41)30(44)38-26(33(47)48)17-29(42)43/h1-4,8-11,23-27H,5-7,12-18,35H2,(H,36,49)(H,37,45)(H,38,44)(H,40,41)(H,42,43)(H,47,48)/t24-,25-,26-,27-/m0/s1. The van der Waals surface area contributed by atoms with E-state index in [0.29, 0.717) is 19.3 Å². The van der Waals surface area contributed by atoms with E-state index < -0.39 is 78.7 Å². The summed E-state index contributed by atoms with van der Waals surface area (Å²) in [5.74, 6) is -7.27. The Kier molecular flexibility index (Phi) is 12.9. The molecular formula is C34H41N5O11. The largest absolute Gasteiger partial charge is 0.481 e. The van der Waals surface area contributed by atoms with Crippen LogP contribution in [0.25, 0.3) is 11.1 Å². The maximum absolute atomic E-state index is 13.2. The van der Waals surface area contributed by atoms with Crippen LogP contribution in [0.3, 0.4) is 0 Å². The Bertz CT molecular complexity index is 1570. The minimum Gasteiger partial charge on any atom is -0.481 e. The molecule has 0 saturated carbocycles. The van der Waals surface area contributed by atoms with Crippen LogP contribution in [0.15, 0.2) is 48.5 Å². The third-order valence-electron chi connectivity index (χ3n) is 8.72. The van der Waals surface area contributed by atoms with Crippen LogP contribution in [0.2, 0.25) is 0 Å². The lowest BCUT2D eigenvalue weighted by molar-refractivity contribution is -0.148. The lowest BCUT2D eigenvalue weighted by Crippen LogP contribution is -2.57. The summed E-state index contributed by atoms with van der Waals surface area (Å²) in [5, 5.41) is 34.3. The van der Waals surface area contributed by atoms with E-state index in [-0.39, 0.29) is 38.5 Å². The number of likely N-dealkylation sites (tertiary alicyclic amines) is 1. The van der Waals surface area contributed by atoms with E-state index in [9.17, 15) is 43.8 Å². The highest BCUT2D eigenvalue weighted by Crippen LogP contribution is 2.44. The zero-order valence-electron chi connectivity index (χ0n) is 27.2. The second-order valence-electron chi connectivity index (χ2n) is 12.2. The average Bonchev–Trinajstić information content (AvgIpc) is 3.69. The molecule has 0 spiro atoms. The quantitative estimate of drug-likeness (QED) is 0.115. The molecule has 1 saturated heterocycles. The first-order chi connectivity index (χ1) is 23.9. The fourth-order valence-corrected chi connectivity index (χ4v) is 6.27. The second-order valence-corrected chi connectivity index (χ2v) is 12.2. The lowest BCUT2D eigenvalue weighted by atomic mass is 9.98. The van der Waals surface area contributed by atoms with Gasteiger partial charge in [0.2, 0.25) is 17.7 Å². The van der Waals surface area contributed by atoms with Gasteiger partial charge in [0.25, 0.3) is 0 Å². The number of hydrogen-bond donors (Lipinski definition) is 7. The van der Waals surface area contributed by atoms with E-state index in [2.05, 4.69) is 22.8 Å². The monoisotopic (exact) mass is 695 g/mol. The van der Waals surface area contributed by atoms with Gasteiger partial charge in [0.1, 0.15) is 24.7 Å². The van der Waals surface area contributed by atoms with E-state index in [1.807, 2.05) is 41.7 Å². The summed E-state index contributed by atoms with van der Waals surface area (Å²) in [6.45, 7) is 0.664. The zero-order valence-corrected chi connectivity index (χ0v) is 27.2. The molecule has 4 atom stereocenters. The third kappa shape index (κ3) is 9.56. The Morgan fingerprint density at radius 3 is 2.04 bits per heavy atom. The first-order valence-electron chi connectivity index (χ1n) is 16.3. The van der Waals surface area contributed by atoms with Crippen LogP contribution < -0.4 is 21.7 Å². The third-order valence-corrected chi connectivity index (χ3v) is 8.72. The molecule has 0 bridgehead atoms. The van der Waals surface area contributed by atoms with Gasteiger partial charge in [0, 0.05) is 19.0 Å². The summed E-state index contributed by atoms with van der Waals surface area (Å²) in [6, 6.07) is 10.4. The van der Waals surface area contributed by atoms with Crippen molar-refractivity contribution < 1.29 is 53.6 Å². The number of hydrogen-bond acceptors (Lipinski definition) is 9. The van der Waals surface area contributed by atoms with E-state index >= 15 is 0 Å². The van der Waals surface area contributed by atoms with Crippen molar-refractivity contribution in [3.63, 3.8) is 0 Å². The highest BCUT2D eigenvalue weighted by molar-refractivity contribution is 5.96. The number of alkyl carbamates (subject to hydrolysis) is 1. The molecule has 0 radical (unpaired) electrons. The van der Waals surface area contributed by atoms with E-state index in [0.717, 1.165) is 22.3 Å². The molecule has 50 heavy (non-hydrogen) atoms. The van der Waals surface area contributed by atoms with Crippen molar-refractivity contribution in [3.05, 3.63) is 59.7 Å². The van der Waals surface area contributed by atoms with Gasteiger partial charge in [-0.2, -0.15) is 0 Å². The molecule has 1 heterocycles. The molecule has 268 valence electrons. The molecule has 4 rings (SSSR count). The number of carboxylic acid groups (broad SMARTS) is 3. The molecule has 2 aliphatic rings. The normalized spacial score (nSPS) is 16.7. The fourth-order valence-electron chi connectivity index (χ4n) is 6.27. The molecule has 16 nitrogen and oxygen atoms in total. The molecule has 1 aliphatic carbocycles. The maximum atomic E-state index is 13.2. The number of rotatable bonds is 17. The number of ether oxygens (including phenoxy) is 1. The number of fused-ring (bicyclic) bond motifs is 3. The van der Waals surface area contributed by atoms with Crippen LogP contribution in [0, 0.1) is 0 Å². The Hall–Kier alpha value is -5.51. The van der Waals surface area contributed by atoms with Gasteiger partial charge in [-0.05, 0) is 54.4 Å². The molecule has 0 aromatic heterocycles. The predicted octanol–water partition coefficient (Wildman–Crippen LogP) is 1.02. The first-order valence-corrected chi connectivity index (χ1v) is 16.3. The number of benzene rings is 2. The van der Waals surface area contributed by atoms with Gasteiger partial charge in [0.15, 0.2) is 0 Å². The number of nitrogens with one attached hydrogen (secondary N) is 3. The van der Waals surface area contributed by atoms with Gasteiger partial charge in [-0.15, -0.1) is 0 Å². The summed E-state index contributed by atoms with van der Waals surface area (Å²) in [7, 11) is 0. The van der Waals surface area contributed by atoms with Crippen molar-refractivity contribution in [2.75, 3.05) is 19.7 Å². The van der Waals surface area contributed by atoms with Gasteiger partial charge in [-0.1, -0.05) is 48.5 Å². The van der Waals surface area contributed by atoms with E-state index in [1.54, 1.807) is 0 Å². The Morgan fingerprint density at radius 2 is 1.44 bits per heavy atom. The SMILES string of the molecule is N[C@@H](CCCCNC(=O)OCC1c2ccccc2-c2ccccc21)C(=O)N1CCC[C@H]1C(=O)N[C@@H](CC(=O)O)C(=O)N[C@@H](CC(=O)O)C(=O)O. The summed E-state index contributed by atoms with van der Waals surface area (Å²) in [6.07, 6.45) is -0.565. The summed E-state index contributed by atoms with van der Waals surface area (Å²) in [5.41, 5.74) is 10.6. The van der Waals surface area contributed by atoms with Crippen LogP contribution in [0.4, 0.5) is 4.79 Å². The molecule has 2 aromatic rings. The van der Waals surface area contributed by atoms with Crippen molar-refractivity contribution in [2.45, 2.75) is 75.0 Å². The number of nitrogens with two attached hydrogens (primary N) is 1. The number of carboxylic acids is 3. The molecule has 0 unspecified atom stereocenters. The van der Waals surface area contributed by atoms with Crippen molar-refractivity contribution in [2.24, 2.45) is 5.73 Å². The Morgan fingerprint density at radius 1 is 0.840 bits per heavy atom. The topological polar surface area (TPSA) is 255 Å². The number of carbonyl (C=O) groups excluding carboxylic acids is 4. The minimum absolute atomic E-state index is 0.0676. The summed E-state index contributed by atoms with van der Waals surface area (Å²) < 4.78 is 5.53. The van der Waals surface area contributed by atoms with Gasteiger partial charge >= 0.3 is 24.0 Å². The number of aliphatic carboxylic acids is 3. The van der Waals surface area contributed by atoms with Crippen molar-refractivity contribution in [1.82, 2.24) is 20.9 Å². The van der Waals surface area contributed by atoms with Gasteiger partial charge < -0.3 is 46.6 Å². The van der Waals surface area contributed by atoms with Crippen molar-refractivity contribution >= 4 is 41.7 Å². The van der Waals surface area contributed by atoms with Crippen LogP contribution >= 0.6 is 0 Å². The van der Waals surface area contributed by atoms with Crippen molar-refractivity contribution in [1.29, 1.82) is 0 Å². The van der Waals surface area contributed by atoms with E-state index in [1.165, 1.54) is 4.90 Å². The Balaban J connectivity index is 1.21. The van der Waals surface area contributed by atoms with Crippen LogP contribution in [-0.4, -0.2) is 106 Å². The van der Waals surface area contributed by atoms with E-state index in [4.69, 9.17) is 15.6 Å². The molecule has 2 aromatic carbocycles. The number of nitrogens with zero attached hydrogens (tertiary/aromatic N) is 1. The molecule has 16 heteroatoms. The Labute approximate surface area is 287 Å². The predicted molar refractivity (Wildman–Crippen MR) is 176 cm³/mol. The van der Waals surface area contributed by atoms with Crippen LogP contribution in [-0.2, 0) is 33.5 Å². The average molecular weight is 696 g/mol. The molecule has 1 fully saturated rings.